The third kappa shape index (κ3) is 2.12. The summed E-state index contributed by atoms with van der Waals surface area (Å²) in [5, 5.41) is 0. The van der Waals surface area contributed by atoms with Gasteiger partial charge in [0.2, 0.25) is 5.95 Å². The fourth-order valence-electron chi connectivity index (χ4n) is 2.19. The van der Waals surface area contributed by atoms with E-state index in [9.17, 15) is 4.79 Å². The molecule has 0 atom stereocenters. The first-order valence-electron chi connectivity index (χ1n) is 6.09. The summed E-state index contributed by atoms with van der Waals surface area (Å²) >= 11 is 0. The van der Waals surface area contributed by atoms with Crippen molar-refractivity contribution >= 4 is 5.95 Å². The number of rotatable bonds is 3. The van der Waals surface area contributed by atoms with Crippen LogP contribution >= 0.6 is 0 Å². The highest BCUT2D eigenvalue weighted by Gasteiger charge is 2.19. The van der Waals surface area contributed by atoms with E-state index in [0.717, 1.165) is 30.3 Å². The van der Waals surface area contributed by atoms with Crippen LogP contribution in [0.4, 0.5) is 5.95 Å². The lowest BCUT2D eigenvalue weighted by Gasteiger charge is -2.21. The van der Waals surface area contributed by atoms with Gasteiger partial charge in [-0.2, -0.15) is 0 Å². The maximum absolute atomic E-state index is 12.2. The Morgan fingerprint density at radius 1 is 1.35 bits per heavy atom. The molecule has 0 spiro atoms. The zero-order valence-electron chi connectivity index (χ0n) is 10.6. The number of hydrogen-bond acceptors (Lipinski definition) is 3. The average Bonchev–Trinajstić information content (AvgIpc) is 2.83. The monoisotopic (exact) mass is 233 g/mol. The molecule has 2 rings (SSSR count). The molecule has 92 valence electrons. The summed E-state index contributed by atoms with van der Waals surface area (Å²) in [6.45, 7) is 9.95. The van der Waals surface area contributed by atoms with Crippen LogP contribution in [0, 0.1) is 13.8 Å². The molecule has 0 unspecified atom stereocenters. The molecule has 17 heavy (non-hydrogen) atoms. The van der Waals surface area contributed by atoms with E-state index in [-0.39, 0.29) is 5.56 Å². The number of nitrogens with zero attached hydrogens (tertiary/aromatic N) is 3. The molecular weight excluding hydrogens is 214 g/mol. The largest absolute Gasteiger partial charge is 0.342 e. The first-order chi connectivity index (χ1) is 8.15. The Morgan fingerprint density at radius 2 is 2.00 bits per heavy atom. The van der Waals surface area contributed by atoms with E-state index in [1.165, 1.54) is 12.8 Å². The van der Waals surface area contributed by atoms with Crippen molar-refractivity contribution in [2.24, 2.45) is 0 Å². The highest BCUT2D eigenvalue weighted by atomic mass is 16.1. The molecular formula is C13H19N3O. The number of aryl methyl sites for hydroxylation is 1. The lowest BCUT2D eigenvalue weighted by atomic mass is 10.2. The van der Waals surface area contributed by atoms with E-state index in [0.29, 0.717) is 6.54 Å². The van der Waals surface area contributed by atoms with Crippen LogP contribution in [0.1, 0.15) is 24.1 Å². The topological polar surface area (TPSA) is 38.1 Å². The summed E-state index contributed by atoms with van der Waals surface area (Å²) in [5.41, 5.74) is 1.62. The molecule has 2 heterocycles. The van der Waals surface area contributed by atoms with Gasteiger partial charge in [-0.15, -0.1) is 6.58 Å². The second-order valence-electron chi connectivity index (χ2n) is 4.52. The molecule has 0 amide bonds. The van der Waals surface area contributed by atoms with Gasteiger partial charge in [0, 0.05) is 30.9 Å². The van der Waals surface area contributed by atoms with Crippen molar-refractivity contribution in [2.45, 2.75) is 33.2 Å². The van der Waals surface area contributed by atoms with E-state index in [4.69, 9.17) is 0 Å². The van der Waals surface area contributed by atoms with Crippen LogP contribution in [0.2, 0.25) is 0 Å². The van der Waals surface area contributed by atoms with Crippen molar-refractivity contribution < 1.29 is 0 Å². The molecule has 0 aromatic carbocycles. The molecule has 4 nitrogen and oxygen atoms in total. The first-order valence-corrected chi connectivity index (χ1v) is 6.09. The fourth-order valence-corrected chi connectivity index (χ4v) is 2.19. The Labute approximate surface area is 102 Å². The molecule has 1 aromatic heterocycles. The molecule has 1 aromatic rings. The van der Waals surface area contributed by atoms with Crippen molar-refractivity contribution in [3.8, 4) is 0 Å². The number of aromatic nitrogens is 2. The van der Waals surface area contributed by atoms with Crippen molar-refractivity contribution in [1.29, 1.82) is 0 Å². The summed E-state index contributed by atoms with van der Waals surface area (Å²) in [5.74, 6) is 0.801. The quantitative estimate of drug-likeness (QED) is 0.745. The zero-order valence-corrected chi connectivity index (χ0v) is 10.6. The lowest BCUT2D eigenvalue weighted by molar-refractivity contribution is 0.705. The Kier molecular flexibility index (Phi) is 3.31. The van der Waals surface area contributed by atoms with Gasteiger partial charge in [-0.25, -0.2) is 4.98 Å². The Bertz CT molecular complexity index is 484. The van der Waals surface area contributed by atoms with Crippen molar-refractivity contribution in [2.75, 3.05) is 18.0 Å². The van der Waals surface area contributed by atoms with Gasteiger partial charge in [0.1, 0.15) is 0 Å². The molecule has 1 aliphatic rings. The van der Waals surface area contributed by atoms with Crippen LogP contribution in [0.3, 0.4) is 0 Å². The summed E-state index contributed by atoms with van der Waals surface area (Å²) in [4.78, 5) is 19.0. The van der Waals surface area contributed by atoms with Gasteiger partial charge in [0.25, 0.3) is 5.56 Å². The van der Waals surface area contributed by atoms with Crippen molar-refractivity contribution in [3.05, 3.63) is 34.3 Å². The molecule has 0 bridgehead atoms. The third-order valence-corrected chi connectivity index (χ3v) is 3.32. The lowest BCUT2D eigenvalue weighted by Crippen LogP contribution is -2.32. The van der Waals surface area contributed by atoms with Gasteiger partial charge >= 0.3 is 0 Å². The molecule has 0 aliphatic carbocycles. The minimum atomic E-state index is 0.0549. The number of allylic oxidation sites excluding steroid dienone is 1. The SMILES string of the molecule is C=CCn1c(N2CCCC2)nc(C)c(C)c1=O. The van der Waals surface area contributed by atoms with Crippen molar-refractivity contribution in [3.63, 3.8) is 0 Å². The molecule has 1 aliphatic heterocycles. The van der Waals surface area contributed by atoms with Gasteiger partial charge in [0.05, 0.1) is 0 Å². The second kappa shape index (κ2) is 4.73. The van der Waals surface area contributed by atoms with E-state index < -0.39 is 0 Å². The molecule has 0 N–H and O–H groups in total. The molecule has 0 saturated carbocycles. The first kappa shape index (κ1) is 11.9. The van der Waals surface area contributed by atoms with Gasteiger partial charge < -0.3 is 4.90 Å². The summed E-state index contributed by atoms with van der Waals surface area (Å²) in [6, 6.07) is 0. The normalized spacial score (nSPS) is 15.3. The minimum absolute atomic E-state index is 0.0549. The highest BCUT2D eigenvalue weighted by Crippen LogP contribution is 2.17. The van der Waals surface area contributed by atoms with E-state index >= 15 is 0 Å². The Hall–Kier alpha value is -1.58. The van der Waals surface area contributed by atoms with E-state index in [1.54, 1.807) is 10.6 Å². The predicted octanol–water partition coefficient (Wildman–Crippen LogP) is 1.65. The maximum atomic E-state index is 12.2. The van der Waals surface area contributed by atoms with Crippen molar-refractivity contribution in [1.82, 2.24) is 9.55 Å². The van der Waals surface area contributed by atoms with Gasteiger partial charge in [0.15, 0.2) is 0 Å². The van der Waals surface area contributed by atoms with Crippen LogP contribution in [-0.2, 0) is 6.54 Å². The fraction of sp³-hybridized carbons (Fsp3) is 0.538. The molecule has 1 fully saturated rings. The predicted molar refractivity (Wildman–Crippen MR) is 69.6 cm³/mol. The average molecular weight is 233 g/mol. The smallest absolute Gasteiger partial charge is 0.258 e. The van der Waals surface area contributed by atoms with E-state index in [1.807, 2.05) is 13.8 Å². The van der Waals surface area contributed by atoms with Gasteiger partial charge in [-0.05, 0) is 26.7 Å². The minimum Gasteiger partial charge on any atom is -0.342 e. The van der Waals surface area contributed by atoms with Crippen LogP contribution in [-0.4, -0.2) is 22.6 Å². The summed E-state index contributed by atoms with van der Waals surface area (Å²) in [7, 11) is 0. The van der Waals surface area contributed by atoms with Crippen LogP contribution < -0.4 is 10.5 Å². The number of hydrogen-bond donors (Lipinski definition) is 0. The Balaban J connectivity index is 2.55. The molecule has 4 heteroatoms. The molecule has 1 saturated heterocycles. The van der Waals surface area contributed by atoms with Gasteiger partial charge in [-0.3, -0.25) is 9.36 Å². The standard InChI is InChI=1S/C13H19N3O/c1-4-7-16-12(17)10(2)11(3)14-13(16)15-8-5-6-9-15/h4H,1,5-9H2,2-3H3. The number of anilines is 1. The maximum Gasteiger partial charge on any atom is 0.258 e. The van der Waals surface area contributed by atoms with Crippen LogP contribution in [0.15, 0.2) is 17.4 Å². The Morgan fingerprint density at radius 3 is 2.59 bits per heavy atom. The summed E-state index contributed by atoms with van der Waals surface area (Å²) in [6.07, 6.45) is 4.10. The third-order valence-electron chi connectivity index (χ3n) is 3.32. The molecule has 0 radical (unpaired) electrons. The van der Waals surface area contributed by atoms with Crippen LogP contribution in [0.5, 0.6) is 0 Å². The highest BCUT2D eigenvalue weighted by molar-refractivity contribution is 5.36. The summed E-state index contributed by atoms with van der Waals surface area (Å²) < 4.78 is 1.72. The van der Waals surface area contributed by atoms with Gasteiger partial charge in [-0.1, -0.05) is 6.08 Å². The van der Waals surface area contributed by atoms with E-state index in [2.05, 4.69) is 16.5 Å². The van der Waals surface area contributed by atoms with Crippen LogP contribution in [0.25, 0.3) is 0 Å². The zero-order chi connectivity index (χ0) is 12.4. The second-order valence-corrected chi connectivity index (χ2v) is 4.52.